The molecule has 2 aromatic rings. The first-order chi connectivity index (χ1) is 9.70. The molecule has 1 atom stereocenters. The van der Waals surface area contributed by atoms with Gasteiger partial charge >= 0.3 is 0 Å². The third-order valence-electron chi connectivity index (χ3n) is 3.95. The second-order valence-corrected chi connectivity index (χ2v) is 5.25. The number of likely N-dealkylation sites (N-methyl/N-ethyl adjacent to an activating group) is 1. The van der Waals surface area contributed by atoms with E-state index in [2.05, 4.69) is 14.9 Å². The number of hydrogen-bond acceptors (Lipinski definition) is 4. The van der Waals surface area contributed by atoms with E-state index < -0.39 is 0 Å². The largest absolute Gasteiger partial charge is 0.341 e. The van der Waals surface area contributed by atoms with Crippen molar-refractivity contribution in [3.63, 3.8) is 0 Å². The summed E-state index contributed by atoms with van der Waals surface area (Å²) in [5.74, 6) is 1.52. The number of aryl methyl sites for hydroxylation is 1. The van der Waals surface area contributed by atoms with Crippen molar-refractivity contribution >= 4 is 16.9 Å². The summed E-state index contributed by atoms with van der Waals surface area (Å²) in [5, 5.41) is 2.91. The zero-order valence-electron chi connectivity index (χ0n) is 11.8. The summed E-state index contributed by atoms with van der Waals surface area (Å²) < 4.78 is 2.10. The molecule has 1 fully saturated rings. The number of likely N-dealkylation sites (tertiary alicyclic amines) is 1. The normalized spacial score (nSPS) is 18.9. The SMILES string of the molecule is CNCC(=O)N1CCC(c2nc3ccncc3n2C)C1. The molecule has 1 saturated heterocycles. The Kier molecular flexibility index (Phi) is 3.40. The summed E-state index contributed by atoms with van der Waals surface area (Å²) in [6.45, 7) is 1.97. The number of carbonyl (C=O) groups excluding carboxylic acids is 1. The fourth-order valence-electron chi connectivity index (χ4n) is 2.88. The van der Waals surface area contributed by atoms with Crippen molar-refractivity contribution in [3.8, 4) is 0 Å². The van der Waals surface area contributed by atoms with Gasteiger partial charge in [-0.15, -0.1) is 0 Å². The molecule has 0 saturated carbocycles. The molecular weight excluding hydrogens is 254 g/mol. The molecule has 0 aromatic carbocycles. The lowest BCUT2D eigenvalue weighted by Crippen LogP contribution is -2.35. The highest BCUT2D eigenvalue weighted by Crippen LogP contribution is 2.28. The second kappa shape index (κ2) is 5.20. The van der Waals surface area contributed by atoms with Gasteiger partial charge in [-0.1, -0.05) is 0 Å². The molecule has 1 amide bonds. The van der Waals surface area contributed by atoms with Crippen LogP contribution in [0.15, 0.2) is 18.5 Å². The van der Waals surface area contributed by atoms with Crippen molar-refractivity contribution < 1.29 is 4.79 Å². The Morgan fingerprint density at radius 2 is 2.40 bits per heavy atom. The van der Waals surface area contributed by atoms with Crippen LogP contribution >= 0.6 is 0 Å². The van der Waals surface area contributed by atoms with Gasteiger partial charge in [0.15, 0.2) is 0 Å². The first-order valence-electron chi connectivity index (χ1n) is 6.89. The number of rotatable bonds is 3. The molecule has 3 heterocycles. The first-order valence-corrected chi connectivity index (χ1v) is 6.89. The van der Waals surface area contributed by atoms with Gasteiger partial charge in [0.25, 0.3) is 0 Å². The molecule has 0 spiro atoms. The first kappa shape index (κ1) is 13.1. The van der Waals surface area contributed by atoms with Crippen LogP contribution in [0.1, 0.15) is 18.2 Å². The van der Waals surface area contributed by atoms with E-state index in [1.807, 2.05) is 24.2 Å². The van der Waals surface area contributed by atoms with Crippen molar-refractivity contribution in [2.24, 2.45) is 7.05 Å². The number of carbonyl (C=O) groups is 1. The Labute approximate surface area is 117 Å². The Bertz CT molecular complexity index is 636. The summed E-state index contributed by atoms with van der Waals surface area (Å²) >= 11 is 0. The van der Waals surface area contributed by atoms with Crippen molar-refractivity contribution in [1.82, 2.24) is 24.8 Å². The van der Waals surface area contributed by atoms with Crippen LogP contribution in [0.4, 0.5) is 0 Å². The molecule has 6 nitrogen and oxygen atoms in total. The van der Waals surface area contributed by atoms with Crippen LogP contribution < -0.4 is 5.32 Å². The highest BCUT2D eigenvalue weighted by atomic mass is 16.2. The molecule has 6 heteroatoms. The Morgan fingerprint density at radius 3 is 3.15 bits per heavy atom. The van der Waals surface area contributed by atoms with E-state index in [1.54, 1.807) is 13.2 Å². The quantitative estimate of drug-likeness (QED) is 0.885. The molecular formula is C14H19N5O. The predicted octanol–water partition coefficient (Wildman–Crippen LogP) is 0.504. The van der Waals surface area contributed by atoms with Gasteiger partial charge in [0.2, 0.25) is 5.91 Å². The molecule has 3 rings (SSSR count). The minimum atomic E-state index is 0.162. The Morgan fingerprint density at radius 1 is 1.55 bits per heavy atom. The standard InChI is InChI=1S/C14H19N5O/c1-15-8-13(20)19-6-4-10(9-19)14-17-11-3-5-16-7-12(11)18(14)2/h3,5,7,10,15H,4,6,8-9H2,1-2H3. The smallest absolute Gasteiger partial charge is 0.236 e. The van der Waals surface area contributed by atoms with E-state index in [0.29, 0.717) is 12.5 Å². The van der Waals surface area contributed by atoms with Crippen molar-refractivity contribution in [3.05, 3.63) is 24.3 Å². The maximum absolute atomic E-state index is 11.9. The van der Waals surface area contributed by atoms with Crippen LogP contribution in [0.25, 0.3) is 11.0 Å². The molecule has 0 radical (unpaired) electrons. The average Bonchev–Trinajstić information content (AvgIpc) is 3.05. The fourth-order valence-corrected chi connectivity index (χ4v) is 2.88. The summed E-state index contributed by atoms with van der Waals surface area (Å²) in [7, 11) is 3.81. The van der Waals surface area contributed by atoms with E-state index in [-0.39, 0.29) is 5.91 Å². The van der Waals surface area contributed by atoms with Crippen LogP contribution in [0.5, 0.6) is 0 Å². The van der Waals surface area contributed by atoms with Gasteiger partial charge < -0.3 is 14.8 Å². The summed E-state index contributed by atoms with van der Waals surface area (Å²) in [4.78, 5) is 22.7. The number of fused-ring (bicyclic) bond motifs is 1. The monoisotopic (exact) mass is 273 g/mol. The van der Waals surface area contributed by atoms with Crippen LogP contribution in [-0.2, 0) is 11.8 Å². The Balaban J connectivity index is 1.83. The Hall–Kier alpha value is -1.95. The lowest BCUT2D eigenvalue weighted by atomic mass is 10.1. The number of imidazole rings is 1. The lowest BCUT2D eigenvalue weighted by Gasteiger charge is -2.16. The molecule has 1 unspecified atom stereocenters. The average molecular weight is 273 g/mol. The number of nitrogens with one attached hydrogen (secondary N) is 1. The minimum absolute atomic E-state index is 0.162. The number of hydrogen-bond donors (Lipinski definition) is 1. The minimum Gasteiger partial charge on any atom is -0.341 e. The molecule has 1 aliphatic heterocycles. The summed E-state index contributed by atoms with van der Waals surface area (Å²) in [6.07, 6.45) is 4.57. The molecule has 0 bridgehead atoms. The molecule has 20 heavy (non-hydrogen) atoms. The van der Waals surface area contributed by atoms with Crippen LogP contribution in [0.3, 0.4) is 0 Å². The molecule has 106 valence electrons. The van der Waals surface area contributed by atoms with Crippen LogP contribution in [0, 0.1) is 0 Å². The van der Waals surface area contributed by atoms with E-state index in [0.717, 1.165) is 36.4 Å². The van der Waals surface area contributed by atoms with Crippen LogP contribution in [-0.4, -0.2) is 52.0 Å². The van der Waals surface area contributed by atoms with Crippen molar-refractivity contribution in [2.45, 2.75) is 12.3 Å². The molecule has 1 N–H and O–H groups in total. The van der Waals surface area contributed by atoms with E-state index in [4.69, 9.17) is 4.98 Å². The van der Waals surface area contributed by atoms with Gasteiger partial charge in [0.05, 0.1) is 23.8 Å². The fraction of sp³-hybridized carbons (Fsp3) is 0.500. The van der Waals surface area contributed by atoms with Gasteiger partial charge in [-0.2, -0.15) is 0 Å². The van der Waals surface area contributed by atoms with Crippen molar-refractivity contribution in [2.75, 3.05) is 26.7 Å². The number of aromatic nitrogens is 3. The highest BCUT2D eigenvalue weighted by molar-refractivity contribution is 5.79. The van der Waals surface area contributed by atoms with Gasteiger partial charge in [-0.05, 0) is 19.5 Å². The summed E-state index contributed by atoms with van der Waals surface area (Å²) in [5.41, 5.74) is 2.01. The summed E-state index contributed by atoms with van der Waals surface area (Å²) in [6, 6.07) is 1.93. The van der Waals surface area contributed by atoms with E-state index in [1.165, 1.54) is 0 Å². The third-order valence-corrected chi connectivity index (χ3v) is 3.95. The molecule has 0 aliphatic carbocycles. The maximum Gasteiger partial charge on any atom is 0.236 e. The number of amides is 1. The topological polar surface area (TPSA) is 63.1 Å². The van der Waals surface area contributed by atoms with Gasteiger partial charge in [-0.25, -0.2) is 4.98 Å². The van der Waals surface area contributed by atoms with Gasteiger partial charge in [0.1, 0.15) is 5.82 Å². The van der Waals surface area contributed by atoms with Gasteiger partial charge in [-0.3, -0.25) is 9.78 Å². The zero-order valence-corrected chi connectivity index (χ0v) is 11.8. The maximum atomic E-state index is 11.9. The molecule has 2 aromatic heterocycles. The highest BCUT2D eigenvalue weighted by Gasteiger charge is 2.29. The zero-order chi connectivity index (χ0) is 14.1. The second-order valence-electron chi connectivity index (χ2n) is 5.25. The van der Waals surface area contributed by atoms with E-state index >= 15 is 0 Å². The van der Waals surface area contributed by atoms with Crippen LogP contribution in [0.2, 0.25) is 0 Å². The number of nitrogens with zero attached hydrogens (tertiary/aromatic N) is 4. The van der Waals surface area contributed by atoms with Gasteiger partial charge in [0, 0.05) is 32.3 Å². The number of pyridine rings is 1. The third kappa shape index (κ3) is 2.16. The van der Waals surface area contributed by atoms with E-state index in [9.17, 15) is 4.79 Å². The lowest BCUT2D eigenvalue weighted by molar-refractivity contribution is -0.129. The van der Waals surface area contributed by atoms with Crippen molar-refractivity contribution in [1.29, 1.82) is 0 Å². The molecule has 1 aliphatic rings. The predicted molar refractivity (Wildman–Crippen MR) is 76.4 cm³/mol.